The number of hydrogen-bond acceptors (Lipinski definition) is 2. The Bertz CT molecular complexity index is 168. The van der Waals surface area contributed by atoms with Gasteiger partial charge in [-0.25, -0.2) is 0 Å². The summed E-state index contributed by atoms with van der Waals surface area (Å²) in [5.41, 5.74) is 0. The van der Waals surface area contributed by atoms with E-state index < -0.39 is 0 Å². The van der Waals surface area contributed by atoms with Crippen LogP contribution in [-0.4, -0.2) is 35.7 Å². The average molecular weight is 153 g/mol. The molecule has 0 aromatic carbocycles. The largest absolute Gasteiger partial charge is 0.392 e. The summed E-state index contributed by atoms with van der Waals surface area (Å²) in [6.45, 7) is 4.55. The van der Waals surface area contributed by atoms with Crippen molar-refractivity contribution in [2.75, 3.05) is 19.6 Å². The number of hydrogen-bond donors (Lipinski definition) is 1. The van der Waals surface area contributed by atoms with Crippen LogP contribution in [0.3, 0.4) is 0 Å². The molecule has 1 fully saturated rings. The molecule has 2 nitrogen and oxygen atoms in total. The maximum Gasteiger partial charge on any atom is 0.0668 e. The molecule has 1 heterocycles. The Morgan fingerprint density at radius 1 is 1.64 bits per heavy atom. The molecule has 11 heavy (non-hydrogen) atoms. The van der Waals surface area contributed by atoms with Gasteiger partial charge in [-0.3, -0.25) is 4.90 Å². The lowest BCUT2D eigenvalue weighted by Gasteiger charge is -2.27. The van der Waals surface area contributed by atoms with Crippen LogP contribution < -0.4 is 0 Å². The number of β-amino-alcohol motifs (C(OH)–C–C–N with tert-alkyl or cyclic N) is 1. The summed E-state index contributed by atoms with van der Waals surface area (Å²) in [4.78, 5) is 2.20. The SMILES string of the molecule is CC#CCN1CCCC(O)C1. The minimum Gasteiger partial charge on any atom is -0.392 e. The molecule has 1 saturated heterocycles. The van der Waals surface area contributed by atoms with E-state index in [-0.39, 0.29) is 6.10 Å². The van der Waals surface area contributed by atoms with Gasteiger partial charge >= 0.3 is 0 Å². The van der Waals surface area contributed by atoms with Gasteiger partial charge in [0.05, 0.1) is 12.6 Å². The van der Waals surface area contributed by atoms with Crippen molar-refractivity contribution in [3.05, 3.63) is 0 Å². The monoisotopic (exact) mass is 153 g/mol. The summed E-state index contributed by atoms with van der Waals surface area (Å²) in [6, 6.07) is 0. The molecule has 0 spiro atoms. The smallest absolute Gasteiger partial charge is 0.0668 e. The van der Waals surface area contributed by atoms with E-state index in [9.17, 15) is 5.11 Å². The fraction of sp³-hybridized carbons (Fsp3) is 0.778. The highest BCUT2D eigenvalue weighted by atomic mass is 16.3. The van der Waals surface area contributed by atoms with Gasteiger partial charge in [-0.05, 0) is 26.3 Å². The zero-order valence-electron chi connectivity index (χ0n) is 7.01. The number of aliphatic hydroxyl groups excluding tert-OH is 1. The zero-order chi connectivity index (χ0) is 8.10. The molecule has 0 radical (unpaired) electrons. The van der Waals surface area contributed by atoms with E-state index in [1.54, 1.807) is 0 Å². The minimum absolute atomic E-state index is 0.123. The van der Waals surface area contributed by atoms with Gasteiger partial charge in [-0.15, -0.1) is 5.92 Å². The lowest BCUT2D eigenvalue weighted by Crippen LogP contribution is -2.38. The lowest BCUT2D eigenvalue weighted by molar-refractivity contribution is 0.0781. The zero-order valence-corrected chi connectivity index (χ0v) is 7.01. The van der Waals surface area contributed by atoms with E-state index in [4.69, 9.17) is 0 Å². The van der Waals surface area contributed by atoms with E-state index in [1.807, 2.05) is 6.92 Å². The molecule has 1 N–H and O–H groups in total. The van der Waals surface area contributed by atoms with Crippen LogP contribution in [-0.2, 0) is 0 Å². The van der Waals surface area contributed by atoms with Crippen molar-refractivity contribution in [1.82, 2.24) is 4.90 Å². The highest BCUT2D eigenvalue weighted by molar-refractivity contribution is 4.98. The van der Waals surface area contributed by atoms with Crippen molar-refractivity contribution in [2.24, 2.45) is 0 Å². The van der Waals surface area contributed by atoms with E-state index in [1.165, 1.54) is 0 Å². The summed E-state index contributed by atoms with van der Waals surface area (Å²) in [5, 5.41) is 9.29. The van der Waals surface area contributed by atoms with Crippen LogP contribution in [0.25, 0.3) is 0 Å². The molecular formula is C9H15NO. The number of piperidine rings is 1. The third-order valence-electron chi connectivity index (χ3n) is 1.96. The second-order valence-electron chi connectivity index (χ2n) is 2.96. The van der Waals surface area contributed by atoms with Crippen LogP contribution in [0.4, 0.5) is 0 Å². The minimum atomic E-state index is -0.123. The summed E-state index contributed by atoms with van der Waals surface area (Å²) in [6.07, 6.45) is 1.94. The van der Waals surface area contributed by atoms with Crippen molar-refractivity contribution >= 4 is 0 Å². The highest BCUT2D eigenvalue weighted by Crippen LogP contribution is 2.08. The molecule has 0 amide bonds. The summed E-state index contributed by atoms with van der Waals surface area (Å²) in [5.74, 6) is 5.86. The van der Waals surface area contributed by atoms with Crippen LogP contribution >= 0.6 is 0 Å². The maximum absolute atomic E-state index is 9.29. The molecule has 0 aliphatic carbocycles. The van der Waals surface area contributed by atoms with Gasteiger partial charge in [-0.2, -0.15) is 0 Å². The van der Waals surface area contributed by atoms with Crippen molar-refractivity contribution in [1.29, 1.82) is 0 Å². The van der Waals surface area contributed by atoms with E-state index in [0.29, 0.717) is 0 Å². The maximum atomic E-state index is 9.29. The first-order chi connectivity index (χ1) is 5.33. The van der Waals surface area contributed by atoms with Crippen molar-refractivity contribution in [3.8, 4) is 11.8 Å². The third kappa shape index (κ3) is 2.92. The van der Waals surface area contributed by atoms with Crippen LogP contribution in [0, 0.1) is 11.8 Å². The van der Waals surface area contributed by atoms with E-state index >= 15 is 0 Å². The molecule has 0 bridgehead atoms. The topological polar surface area (TPSA) is 23.5 Å². The standard InChI is InChI=1S/C9H15NO/c1-2-3-6-10-7-4-5-9(11)8-10/h9,11H,4-8H2,1H3. The third-order valence-corrected chi connectivity index (χ3v) is 1.96. The Kier molecular flexibility index (Phi) is 3.41. The van der Waals surface area contributed by atoms with Crippen molar-refractivity contribution in [2.45, 2.75) is 25.9 Å². The van der Waals surface area contributed by atoms with Gasteiger partial charge in [0.15, 0.2) is 0 Å². The molecule has 1 aliphatic rings. The Balaban J connectivity index is 2.26. The summed E-state index contributed by atoms with van der Waals surface area (Å²) >= 11 is 0. The predicted molar refractivity (Wildman–Crippen MR) is 45.1 cm³/mol. The molecule has 62 valence electrons. The van der Waals surface area contributed by atoms with Gasteiger partial charge in [0.25, 0.3) is 0 Å². The first kappa shape index (κ1) is 8.58. The Labute approximate surface area is 68.2 Å². The van der Waals surface area contributed by atoms with E-state index in [0.717, 1.165) is 32.5 Å². The molecule has 1 rings (SSSR count). The molecule has 1 aliphatic heterocycles. The number of likely N-dealkylation sites (tertiary alicyclic amines) is 1. The van der Waals surface area contributed by atoms with Crippen molar-refractivity contribution in [3.63, 3.8) is 0 Å². The Hall–Kier alpha value is -0.520. The van der Waals surface area contributed by atoms with Gasteiger partial charge in [0.1, 0.15) is 0 Å². The van der Waals surface area contributed by atoms with Crippen LogP contribution in [0.2, 0.25) is 0 Å². The quantitative estimate of drug-likeness (QED) is 0.553. The molecule has 0 aromatic rings. The number of aliphatic hydroxyl groups is 1. The first-order valence-corrected chi connectivity index (χ1v) is 4.13. The van der Waals surface area contributed by atoms with E-state index in [2.05, 4.69) is 16.7 Å². The summed E-state index contributed by atoms with van der Waals surface area (Å²) in [7, 11) is 0. The summed E-state index contributed by atoms with van der Waals surface area (Å²) < 4.78 is 0. The van der Waals surface area contributed by atoms with Crippen LogP contribution in [0.1, 0.15) is 19.8 Å². The Morgan fingerprint density at radius 2 is 2.45 bits per heavy atom. The Morgan fingerprint density at radius 3 is 3.09 bits per heavy atom. The second kappa shape index (κ2) is 4.38. The fourth-order valence-corrected chi connectivity index (χ4v) is 1.37. The van der Waals surface area contributed by atoms with Crippen LogP contribution in [0.5, 0.6) is 0 Å². The first-order valence-electron chi connectivity index (χ1n) is 4.13. The van der Waals surface area contributed by atoms with Gasteiger partial charge in [0, 0.05) is 6.54 Å². The van der Waals surface area contributed by atoms with Gasteiger partial charge in [-0.1, -0.05) is 5.92 Å². The molecule has 2 heteroatoms. The van der Waals surface area contributed by atoms with Gasteiger partial charge < -0.3 is 5.11 Å². The highest BCUT2D eigenvalue weighted by Gasteiger charge is 2.15. The number of nitrogens with zero attached hydrogens (tertiary/aromatic N) is 1. The van der Waals surface area contributed by atoms with Gasteiger partial charge in [0.2, 0.25) is 0 Å². The average Bonchev–Trinajstić information content (AvgIpc) is 2.01. The molecular weight excluding hydrogens is 138 g/mol. The van der Waals surface area contributed by atoms with Crippen molar-refractivity contribution < 1.29 is 5.11 Å². The molecule has 1 unspecified atom stereocenters. The molecule has 0 saturated carbocycles. The second-order valence-corrected chi connectivity index (χ2v) is 2.96. The lowest BCUT2D eigenvalue weighted by atomic mass is 10.1. The predicted octanol–water partition coefficient (Wildman–Crippen LogP) is 0.466. The molecule has 1 atom stereocenters. The normalized spacial score (nSPS) is 25.8. The fourth-order valence-electron chi connectivity index (χ4n) is 1.37. The number of rotatable bonds is 1. The molecule has 0 aromatic heterocycles. The van der Waals surface area contributed by atoms with Crippen LogP contribution in [0.15, 0.2) is 0 Å².